The molecule has 2 heterocycles. The summed E-state index contributed by atoms with van der Waals surface area (Å²) in [5, 5.41) is 2.91. The largest absolute Gasteiger partial charge is 0.342 e. The molecule has 1 saturated carbocycles. The number of nitrogens with one attached hydrogen (secondary N) is 1. The van der Waals surface area contributed by atoms with Gasteiger partial charge in [0.1, 0.15) is 6.04 Å². The van der Waals surface area contributed by atoms with Crippen LogP contribution < -0.4 is 5.32 Å². The highest BCUT2D eigenvalue weighted by atomic mass is 16.2. The molecule has 21 heavy (non-hydrogen) atoms. The zero-order valence-electron chi connectivity index (χ0n) is 12.1. The number of piperazine rings is 1. The number of nitrogens with zero attached hydrogens (tertiary/aromatic N) is 2. The maximum absolute atomic E-state index is 12.7. The van der Waals surface area contributed by atoms with Gasteiger partial charge in [-0.2, -0.15) is 0 Å². The van der Waals surface area contributed by atoms with Gasteiger partial charge >= 0.3 is 0 Å². The fourth-order valence-corrected chi connectivity index (χ4v) is 3.36. The maximum Gasteiger partial charge on any atom is 0.246 e. The van der Waals surface area contributed by atoms with Crippen LogP contribution in [0.4, 0.5) is 0 Å². The summed E-state index contributed by atoms with van der Waals surface area (Å²) in [6, 6.07) is 3.45. The molecule has 0 spiro atoms. The molecule has 1 N–H and O–H groups in total. The summed E-state index contributed by atoms with van der Waals surface area (Å²) in [6.07, 6.45) is 9.09. The molecular weight excluding hydrogens is 266 g/mol. The fraction of sp³-hybridized carbons (Fsp3) is 0.562. The van der Waals surface area contributed by atoms with Crippen LogP contribution in [0.5, 0.6) is 0 Å². The summed E-state index contributed by atoms with van der Waals surface area (Å²) >= 11 is 0. The lowest BCUT2D eigenvalue weighted by molar-refractivity contribution is -0.146. The summed E-state index contributed by atoms with van der Waals surface area (Å²) in [4.78, 5) is 30.3. The van der Waals surface area contributed by atoms with Crippen molar-refractivity contribution in [2.24, 2.45) is 5.92 Å². The van der Waals surface area contributed by atoms with Gasteiger partial charge in [0.2, 0.25) is 11.8 Å². The van der Waals surface area contributed by atoms with E-state index in [9.17, 15) is 9.59 Å². The number of pyridine rings is 1. The van der Waals surface area contributed by atoms with Crippen molar-refractivity contribution in [3.05, 3.63) is 30.1 Å². The second-order valence-electron chi connectivity index (χ2n) is 6.00. The van der Waals surface area contributed by atoms with E-state index in [1.54, 1.807) is 17.3 Å². The average molecular weight is 287 g/mol. The van der Waals surface area contributed by atoms with E-state index in [4.69, 9.17) is 0 Å². The van der Waals surface area contributed by atoms with Crippen molar-refractivity contribution in [1.29, 1.82) is 0 Å². The molecule has 1 atom stereocenters. The van der Waals surface area contributed by atoms with E-state index in [1.807, 2.05) is 12.1 Å². The molecule has 0 radical (unpaired) electrons. The predicted octanol–water partition coefficient (Wildman–Crippen LogP) is 1.49. The normalized spacial score (nSPS) is 24.0. The van der Waals surface area contributed by atoms with Crippen molar-refractivity contribution in [3.63, 3.8) is 0 Å². The van der Waals surface area contributed by atoms with E-state index in [-0.39, 0.29) is 24.4 Å². The molecule has 5 heteroatoms. The van der Waals surface area contributed by atoms with E-state index in [0.29, 0.717) is 12.5 Å². The first-order chi connectivity index (χ1) is 10.2. The molecule has 1 aromatic heterocycles. The SMILES string of the molecule is O=C1CN(Cc2cccnc2)C(=O)C(C2CCCCC2)N1. The third-order valence-corrected chi connectivity index (χ3v) is 4.45. The van der Waals surface area contributed by atoms with Crippen molar-refractivity contribution in [1.82, 2.24) is 15.2 Å². The number of aromatic nitrogens is 1. The van der Waals surface area contributed by atoms with Gasteiger partial charge in [-0.3, -0.25) is 14.6 Å². The molecule has 2 fully saturated rings. The Balaban J connectivity index is 1.72. The molecule has 1 unspecified atom stereocenters. The predicted molar refractivity (Wildman–Crippen MR) is 78.2 cm³/mol. The van der Waals surface area contributed by atoms with Crippen LogP contribution in [-0.4, -0.2) is 34.3 Å². The molecule has 1 aliphatic heterocycles. The molecule has 1 aliphatic carbocycles. The summed E-state index contributed by atoms with van der Waals surface area (Å²) in [7, 11) is 0. The first-order valence-corrected chi connectivity index (χ1v) is 7.71. The quantitative estimate of drug-likeness (QED) is 0.916. The fourth-order valence-electron chi connectivity index (χ4n) is 3.36. The second-order valence-corrected chi connectivity index (χ2v) is 6.00. The number of rotatable bonds is 3. The van der Waals surface area contributed by atoms with Crippen LogP contribution in [0.3, 0.4) is 0 Å². The van der Waals surface area contributed by atoms with Gasteiger partial charge in [-0.05, 0) is 30.4 Å². The minimum Gasteiger partial charge on any atom is -0.342 e. The highest BCUT2D eigenvalue weighted by molar-refractivity contribution is 5.95. The smallest absolute Gasteiger partial charge is 0.246 e. The molecular formula is C16H21N3O2. The number of hydrogen-bond donors (Lipinski definition) is 1. The van der Waals surface area contributed by atoms with E-state index < -0.39 is 0 Å². The summed E-state index contributed by atoms with van der Waals surface area (Å²) in [5.74, 6) is 0.311. The van der Waals surface area contributed by atoms with Gasteiger partial charge in [0, 0.05) is 18.9 Å². The van der Waals surface area contributed by atoms with E-state index >= 15 is 0 Å². The Morgan fingerprint density at radius 1 is 1.24 bits per heavy atom. The van der Waals surface area contributed by atoms with Crippen LogP contribution in [0, 0.1) is 5.92 Å². The van der Waals surface area contributed by atoms with Crippen molar-refractivity contribution in [2.45, 2.75) is 44.7 Å². The Bertz CT molecular complexity index is 512. The minimum absolute atomic E-state index is 0.0472. The van der Waals surface area contributed by atoms with Crippen molar-refractivity contribution < 1.29 is 9.59 Å². The molecule has 3 rings (SSSR count). The maximum atomic E-state index is 12.7. The third-order valence-electron chi connectivity index (χ3n) is 4.45. The van der Waals surface area contributed by atoms with Gasteiger partial charge in [-0.1, -0.05) is 25.3 Å². The summed E-state index contributed by atoms with van der Waals surface area (Å²) in [6.45, 7) is 0.611. The Kier molecular flexibility index (Phi) is 4.18. The van der Waals surface area contributed by atoms with Gasteiger partial charge in [0.05, 0.1) is 6.54 Å². The van der Waals surface area contributed by atoms with Crippen LogP contribution in [-0.2, 0) is 16.1 Å². The summed E-state index contributed by atoms with van der Waals surface area (Å²) in [5.41, 5.74) is 0.961. The van der Waals surface area contributed by atoms with Crippen LogP contribution in [0.2, 0.25) is 0 Å². The average Bonchev–Trinajstić information content (AvgIpc) is 2.52. The van der Waals surface area contributed by atoms with E-state index in [0.717, 1.165) is 31.2 Å². The monoisotopic (exact) mass is 287 g/mol. The van der Waals surface area contributed by atoms with Crippen molar-refractivity contribution >= 4 is 11.8 Å². The van der Waals surface area contributed by atoms with Gasteiger partial charge in [-0.25, -0.2) is 0 Å². The summed E-state index contributed by atoms with van der Waals surface area (Å²) < 4.78 is 0. The van der Waals surface area contributed by atoms with Crippen LogP contribution >= 0.6 is 0 Å². The Labute approximate surface area is 124 Å². The molecule has 0 bridgehead atoms. The third kappa shape index (κ3) is 3.23. The Hall–Kier alpha value is -1.91. The topological polar surface area (TPSA) is 62.3 Å². The van der Waals surface area contributed by atoms with Crippen LogP contribution in [0.1, 0.15) is 37.7 Å². The lowest BCUT2D eigenvalue weighted by Gasteiger charge is -2.37. The van der Waals surface area contributed by atoms with Crippen LogP contribution in [0.15, 0.2) is 24.5 Å². The molecule has 5 nitrogen and oxygen atoms in total. The van der Waals surface area contributed by atoms with Gasteiger partial charge in [0.15, 0.2) is 0 Å². The number of hydrogen-bond acceptors (Lipinski definition) is 3. The first-order valence-electron chi connectivity index (χ1n) is 7.71. The van der Waals surface area contributed by atoms with Crippen molar-refractivity contribution in [3.8, 4) is 0 Å². The number of amides is 2. The molecule has 0 aromatic carbocycles. The van der Waals surface area contributed by atoms with Crippen LogP contribution in [0.25, 0.3) is 0 Å². The van der Waals surface area contributed by atoms with Gasteiger partial charge < -0.3 is 10.2 Å². The molecule has 2 amide bonds. The number of carbonyl (C=O) groups is 2. The highest BCUT2D eigenvalue weighted by Crippen LogP contribution is 2.28. The second kappa shape index (κ2) is 6.24. The zero-order valence-corrected chi connectivity index (χ0v) is 12.1. The van der Waals surface area contributed by atoms with Gasteiger partial charge in [-0.15, -0.1) is 0 Å². The standard InChI is InChI=1S/C16H21N3O2/c20-14-11-19(10-12-5-4-8-17-9-12)16(21)15(18-14)13-6-2-1-3-7-13/h4-5,8-9,13,15H,1-3,6-7,10-11H2,(H,18,20). The van der Waals surface area contributed by atoms with E-state index in [2.05, 4.69) is 10.3 Å². The van der Waals surface area contributed by atoms with Gasteiger partial charge in [0.25, 0.3) is 0 Å². The Morgan fingerprint density at radius 3 is 2.76 bits per heavy atom. The zero-order chi connectivity index (χ0) is 14.7. The van der Waals surface area contributed by atoms with Crippen molar-refractivity contribution in [2.75, 3.05) is 6.54 Å². The Morgan fingerprint density at radius 2 is 2.05 bits per heavy atom. The minimum atomic E-state index is -0.330. The first kappa shape index (κ1) is 14.0. The highest BCUT2D eigenvalue weighted by Gasteiger charge is 2.37. The lowest BCUT2D eigenvalue weighted by atomic mass is 9.82. The lowest BCUT2D eigenvalue weighted by Crippen LogP contribution is -2.60. The molecule has 2 aliphatic rings. The molecule has 112 valence electrons. The molecule has 1 aromatic rings. The van der Waals surface area contributed by atoms with E-state index in [1.165, 1.54) is 6.42 Å². The molecule has 1 saturated heterocycles. The number of carbonyl (C=O) groups excluding carboxylic acids is 2.